The van der Waals surface area contributed by atoms with E-state index in [1.54, 1.807) is 0 Å². The van der Waals surface area contributed by atoms with Gasteiger partial charge >= 0.3 is 49.9 Å². The number of rotatable bonds is 1. The van der Waals surface area contributed by atoms with Crippen molar-refractivity contribution in [3.8, 4) is 11.4 Å². The van der Waals surface area contributed by atoms with Crippen LogP contribution in [0.1, 0.15) is 27.8 Å². The van der Waals surface area contributed by atoms with Gasteiger partial charge in [0, 0.05) is 12.4 Å². The van der Waals surface area contributed by atoms with Gasteiger partial charge in [0.1, 0.15) is 0 Å². The van der Waals surface area contributed by atoms with Crippen molar-refractivity contribution in [1.82, 2.24) is 9.97 Å². The van der Waals surface area contributed by atoms with Crippen LogP contribution < -0.4 is 0 Å². The molecule has 0 aromatic carbocycles. The summed E-state index contributed by atoms with van der Waals surface area (Å²) < 4.78 is 0. The zero-order chi connectivity index (χ0) is 19.3. The molecule has 0 bridgehead atoms. The van der Waals surface area contributed by atoms with E-state index in [9.17, 15) is 0 Å². The molecule has 2 heterocycles. The SMILES string of the molecule is Cc1ccnc(-c2ncc(C)c(C)c2C)c1C.[I][Mo][I].[N-]=O.[N-]=O. The Morgan fingerprint density at radius 2 is 1.25 bits per heavy atom. The van der Waals surface area contributed by atoms with E-state index >= 15 is 0 Å². The molecular formula is C15H18I2MoN4O2-2. The second-order valence-corrected chi connectivity index (χ2v) is 20.2. The molecule has 0 saturated carbocycles. The summed E-state index contributed by atoms with van der Waals surface area (Å²) in [6.07, 6.45) is 3.79. The Hall–Kier alpha value is -0.352. The minimum Gasteiger partial charge on any atom is -0.577 e. The number of hydrogen-bond acceptors (Lipinski definition) is 4. The Morgan fingerprint density at radius 1 is 0.792 bits per heavy atom. The van der Waals surface area contributed by atoms with Crippen LogP contribution in [0.3, 0.4) is 0 Å². The molecule has 0 N–H and O–H groups in total. The third kappa shape index (κ3) is 7.69. The second kappa shape index (κ2) is 14.9. The van der Waals surface area contributed by atoms with Crippen molar-refractivity contribution in [2.24, 2.45) is 0 Å². The van der Waals surface area contributed by atoms with Crippen molar-refractivity contribution in [1.29, 1.82) is 0 Å². The number of nitroso groups, excluding NO2 is 2. The minimum atomic E-state index is 0.410. The Morgan fingerprint density at radius 3 is 1.75 bits per heavy atom. The molecule has 0 radical (unpaired) electrons. The van der Waals surface area contributed by atoms with E-state index in [4.69, 9.17) is 21.0 Å². The summed E-state index contributed by atoms with van der Waals surface area (Å²) in [5.74, 6) is 0. The van der Waals surface area contributed by atoms with Crippen LogP contribution in [-0.4, -0.2) is 9.97 Å². The van der Waals surface area contributed by atoms with Gasteiger partial charge in [0.25, 0.3) is 0 Å². The van der Waals surface area contributed by atoms with Crippen LogP contribution in [0.15, 0.2) is 18.5 Å². The second-order valence-electron chi connectivity index (χ2n) is 4.70. The maximum atomic E-state index is 7.25. The van der Waals surface area contributed by atoms with Crippen molar-refractivity contribution in [2.75, 3.05) is 0 Å². The van der Waals surface area contributed by atoms with Crippen LogP contribution in [0.5, 0.6) is 0 Å². The van der Waals surface area contributed by atoms with Crippen molar-refractivity contribution in [2.45, 2.75) is 34.6 Å². The molecule has 0 aliphatic rings. The monoisotopic (exact) mass is 638 g/mol. The fourth-order valence-electron chi connectivity index (χ4n) is 1.94. The Kier molecular flexibility index (Phi) is 16.1. The fraction of sp³-hybridized carbons (Fsp3) is 0.333. The summed E-state index contributed by atoms with van der Waals surface area (Å²) in [4.78, 5) is 23.5. The smallest absolute Gasteiger partial charge is 0.423 e. The Labute approximate surface area is 171 Å². The van der Waals surface area contributed by atoms with E-state index in [0.717, 1.165) is 11.4 Å². The van der Waals surface area contributed by atoms with Crippen LogP contribution in [0.25, 0.3) is 22.6 Å². The summed E-state index contributed by atoms with van der Waals surface area (Å²) in [6.45, 7) is 10.6. The van der Waals surface area contributed by atoms with Gasteiger partial charge < -0.3 is 21.0 Å². The van der Waals surface area contributed by atoms with E-state index in [1.165, 1.54) is 27.8 Å². The molecular weight excluding hydrogens is 618 g/mol. The predicted molar refractivity (Wildman–Crippen MR) is 113 cm³/mol. The van der Waals surface area contributed by atoms with Gasteiger partial charge in [0.05, 0.1) is 11.4 Å². The maximum absolute atomic E-state index is 7.25. The molecule has 2 aromatic rings. The Balaban J connectivity index is 0. The fourth-order valence-corrected chi connectivity index (χ4v) is 1.94. The zero-order valence-corrected chi connectivity index (χ0v) is 20.3. The average Bonchev–Trinajstić information content (AvgIpc) is 2.60. The average molecular weight is 636 g/mol. The van der Waals surface area contributed by atoms with Gasteiger partial charge in [0.2, 0.25) is 0 Å². The molecule has 2 aromatic heterocycles. The summed E-state index contributed by atoms with van der Waals surface area (Å²) in [7, 11) is 0. The first-order valence-corrected chi connectivity index (χ1v) is 18.5. The molecule has 0 unspecified atom stereocenters. The van der Waals surface area contributed by atoms with Gasteiger partial charge in [-0.25, -0.2) is 0 Å². The van der Waals surface area contributed by atoms with Crippen LogP contribution in [-0.2, 0) is 11.2 Å². The predicted octanol–water partition coefficient (Wildman–Crippen LogP) is 6.10. The van der Waals surface area contributed by atoms with E-state index in [1.807, 2.05) is 18.5 Å². The molecule has 0 fully saturated rings. The van der Waals surface area contributed by atoms with Gasteiger partial charge in [-0.2, -0.15) is 0 Å². The normalized spacial score (nSPS) is 8.62. The first-order valence-electron chi connectivity index (χ1n) is 6.55. The van der Waals surface area contributed by atoms with E-state index in [2.05, 4.69) is 83.3 Å². The molecule has 9 heteroatoms. The summed E-state index contributed by atoms with van der Waals surface area (Å²) in [6, 6.07) is 2.04. The van der Waals surface area contributed by atoms with Crippen molar-refractivity contribution in [3.05, 3.63) is 67.3 Å². The molecule has 0 spiro atoms. The summed E-state index contributed by atoms with van der Waals surface area (Å²) in [5, 5.41) is 0. The molecule has 0 aliphatic heterocycles. The largest absolute Gasteiger partial charge is 0.577 e. The molecule has 0 saturated heterocycles. The molecule has 0 amide bonds. The van der Waals surface area contributed by atoms with Crippen LogP contribution in [0.4, 0.5) is 0 Å². The van der Waals surface area contributed by atoms with Gasteiger partial charge in [-0.3, -0.25) is 9.97 Å². The maximum Gasteiger partial charge on any atom is -0.423 e. The molecule has 0 atom stereocenters. The molecule has 6 nitrogen and oxygen atoms in total. The van der Waals surface area contributed by atoms with E-state index in [-0.39, 0.29) is 0 Å². The third-order valence-corrected chi connectivity index (χ3v) is 3.60. The molecule has 24 heavy (non-hydrogen) atoms. The quantitative estimate of drug-likeness (QED) is 0.279. The Bertz CT molecular complexity index is 643. The van der Waals surface area contributed by atoms with E-state index in [0.29, 0.717) is 11.2 Å². The van der Waals surface area contributed by atoms with Gasteiger partial charge in [0.15, 0.2) is 0 Å². The van der Waals surface area contributed by atoms with Crippen LogP contribution >= 0.6 is 38.7 Å². The van der Waals surface area contributed by atoms with Gasteiger partial charge in [-0.1, -0.05) is 0 Å². The first-order chi connectivity index (χ1) is 11.4. The number of nitrogens with zero attached hydrogens (tertiary/aromatic N) is 4. The summed E-state index contributed by atoms with van der Waals surface area (Å²) >= 11 is 5.22. The number of hydrogen-bond donors (Lipinski definition) is 0. The van der Waals surface area contributed by atoms with Crippen molar-refractivity contribution >= 4 is 38.7 Å². The van der Waals surface area contributed by atoms with Gasteiger partial charge in [-0.15, -0.1) is 0 Å². The summed E-state index contributed by atoms with van der Waals surface area (Å²) in [5.41, 5.74) is 19.8. The van der Waals surface area contributed by atoms with Gasteiger partial charge in [-0.05, 0) is 68.5 Å². The molecule has 2 rings (SSSR count). The van der Waals surface area contributed by atoms with E-state index < -0.39 is 0 Å². The number of halogens is 2. The number of pyridine rings is 2. The molecule has 132 valence electrons. The molecule has 0 aliphatic carbocycles. The first kappa shape index (κ1) is 25.9. The number of aryl methyl sites for hydroxylation is 2. The van der Waals surface area contributed by atoms with Crippen molar-refractivity contribution < 1.29 is 11.2 Å². The van der Waals surface area contributed by atoms with Crippen LogP contribution in [0.2, 0.25) is 0 Å². The minimum absolute atomic E-state index is 0.410. The number of aromatic nitrogens is 2. The van der Waals surface area contributed by atoms with Crippen LogP contribution in [0, 0.1) is 44.4 Å². The topological polar surface area (TPSA) is 105 Å². The van der Waals surface area contributed by atoms with Crippen molar-refractivity contribution in [3.63, 3.8) is 0 Å². The zero-order valence-electron chi connectivity index (χ0n) is 14.0. The third-order valence-electron chi connectivity index (χ3n) is 3.60. The standard InChI is InChI=1S/C15H18N2.2HI.Mo.2NO/c1-9-6-7-16-14(12(9)4)15-13(5)11(3)10(2)8-17-15;;;;2*1-2/h6-8H,1-5H3;2*1H;;;/q;;;+2;2*-1/p-2.